The highest BCUT2D eigenvalue weighted by Gasteiger charge is 2.35. The Morgan fingerprint density at radius 3 is 2.50 bits per heavy atom. The number of ether oxygens (including phenoxy) is 1. The molecule has 0 aliphatic carbocycles. The Labute approximate surface area is 167 Å². The molecular weight excluding hydrogens is 370 g/mol. The molecular formula is C22H17N3O2S. The molecule has 5 nitrogen and oxygen atoms in total. The number of rotatable bonds is 4. The van der Waals surface area contributed by atoms with Gasteiger partial charge in [-0.05, 0) is 48.2 Å². The van der Waals surface area contributed by atoms with Crippen LogP contribution < -0.4 is 9.64 Å². The van der Waals surface area contributed by atoms with Gasteiger partial charge in [0.15, 0.2) is 11.0 Å². The van der Waals surface area contributed by atoms with Crippen LogP contribution in [0, 0.1) is 0 Å². The number of nitrogens with zero attached hydrogens (tertiary/aromatic N) is 3. The quantitative estimate of drug-likeness (QED) is 0.598. The Balaban J connectivity index is 1.78. The number of benzene rings is 2. The van der Waals surface area contributed by atoms with Crippen LogP contribution in [0.5, 0.6) is 5.75 Å². The monoisotopic (exact) mass is 387 g/mol. The van der Waals surface area contributed by atoms with Crippen LogP contribution in [0.4, 0.5) is 11.5 Å². The van der Waals surface area contributed by atoms with E-state index in [4.69, 9.17) is 4.74 Å². The number of thioether (sulfide) groups is 1. The topological polar surface area (TPSA) is 54.8 Å². The number of para-hydroxylation sites is 2. The number of hydrogen-bond acceptors (Lipinski definition) is 5. The number of pyridine rings is 1. The van der Waals surface area contributed by atoms with E-state index in [2.05, 4.69) is 9.98 Å². The molecule has 1 aliphatic rings. The average Bonchev–Trinajstić information content (AvgIpc) is 3.04. The number of amidine groups is 1. The molecule has 0 spiro atoms. The highest BCUT2D eigenvalue weighted by molar-refractivity contribution is 8.19. The second-order valence-corrected chi connectivity index (χ2v) is 6.92. The lowest BCUT2D eigenvalue weighted by Gasteiger charge is -2.15. The number of aliphatic imine (C=N–C) groups is 1. The van der Waals surface area contributed by atoms with E-state index in [0.717, 1.165) is 11.3 Å². The molecule has 0 radical (unpaired) electrons. The number of hydrogen-bond donors (Lipinski definition) is 0. The Kier molecular flexibility index (Phi) is 5.21. The van der Waals surface area contributed by atoms with Gasteiger partial charge in [0.2, 0.25) is 0 Å². The van der Waals surface area contributed by atoms with Gasteiger partial charge >= 0.3 is 0 Å². The van der Waals surface area contributed by atoms with E-state index in [-0.39, 0.29) is 5.91 Å². The van der Waals surface area contributed by atoms with Crippen LogP contribution in [0.25, 0.3) is 6.08 Å². The smallest absolute Gasteiger partial charge is 0.271 e. The SMILES string of the molecule is COc1ccccc1/C=C1\S/C(=N/c2ccccn2)N(c2ccccc2)C1=O. The minimum absolute atomic E-state index is 0.128. The van der Waals surface area contributed by atoms with E-state index < -0.39 is 0 Å². The molecule has 0 bridgehead atoms. The summed E-state index contributed by atoms with van der Waals surface area (Å²) in [6.45, 7) is 0. The van der Waals surface area contributed by atoms with Crippen molar-refractivity contribution in [2.75, 3.05) is 12.0 Å². The minimum atomic E-state index is -0.128. The molecule has 6 heteroatoms. The van der Waals surface area contributed by atoms with Crippen molar-refractivity contribution in [3.8, 4) is 5.75 Å². The molecule has 138 valence electrons. The molecule has 28 heavy (non-hydrogen) atoms. The zero-order valence-electron chi connectivity index (χ0n) is 15.1. The van der Waals surface area contributed by atoms with Crippen molar-refractivity contribution in [1.82, 2.24) is 4.98 Å². The van der Waals surface area contributed by atoms with Gasteiger partial charge in [0.25, 0.3) is 5.91 Å². The fraction of sp³-hybridized carbons (Fsp3) is 0.0455. The Hall–Kier alpha value is -3.38. The molecule has 3 aromatic rings. The van der Waals surface area contributed by atoms with Gasteiger partial charge in [-0.2, -0.15) is 0 Å². The van der Waals surface area contributed by atoms with Crippen LogP contribution in [0.2, 0.25) is 0 Å². The van der Waals surface area contributed by atoms with Gasteiger partial charge in [-0.15, -0.1) is 0 Å². The van der Waals surface area contributed by atoms with Gasteiger partial charge < -0.3 is 4.74 Å². The van der Waals surface area contributed by atoms with Gasteiger partial charge in [0.1, 0.15) is 5.75 Å². The van der Waals surface area contributed by atoms with Gasteiger partial charge in [0.05, 0.1) is 17.7 Å². The third kappa shape index (κ3) is 3.68. The van der Waals surface area contributed by atoms with E-state index in [1.54, 1.807) is 18.2 Å². The first-order valence-electron chi connectivity index (χ1n) is 8.68. The molecule has 2 aromatic carbocycles. The summed E-state index contributed by atoms with van der Waals surface area (Å²) in [5, 5.41) is 0.566. The van der Waals surface area contributed by atoms with Crippen LogP contribution in [-0.4, -0.2) is 23.2 Å². The second kappa shape index (κ2) is 8.10. The van der Waals surface area contributed by atoms with E-state index in [0.29, 0.717) is 21.6 Å². The van der Waals surface area contributed by atoms with Crippen molar-refractivity contribution >= 4 is 40.4 Å². The van der Waals surface area contributed by atoms with E-state index in [9.17, 15) is 4.79 Å². The summed E-state index contributed by atoms with van der Waals surface area (Å²) < 4.78 is 5.41. The summed E-state index contributed by atoms with van der Waals surface area (Å²) in [5.74, 6) is 1.14. The number of anilines is 1. The van der Waals surface area contributed by atoms with Crippen LogP contribution in [0.15, 0.2) is 88.9 Å². The lowest BCUT2D eigenvalue weighted by molar-refractivity contribution is -0.113. The molecule has 1 fully saturated rings. The van der Waals surface area contributed by atoms with E-state index >= 15 is 0 Å². The van der Waals surface area contributed by atoms with Crippen LogP contribution in [-0.2, 0) is 4.79 Å². The van der Waals surface area contributed by atoms with Crippen molar-refractivity contribution in [2.45, 2.75) is 0 Å². The molecule has 0 N–H and O–H groups in total. The Bertz CT molecular complexity index is 1050. The third-order valence-corrected chi connectivity index (χ3v) is 5.07. The van der Waals surface area contributed by atoms with Gasteiger partial charge in [-0.1, -0.05) is 42.5 Å². The van der Waals surface area contributed by atoms with Crippen molar-refractivity contribution in [2.24, 2.45) is 4.99 Å². The lowest BCUT2D eigenvalue weighted by Crippen LogP contribution is -2.28. The highest BCUT2D eigenvalue weighted by Crippen LogP contribution is 2.37. The van der Waals surface area contributed by atoms with Crippen LogP contribution >= 0.6 is 11.8 Å². The zero-order chi connectivity index (χ0) is 19.3. The molecule has 1 aliphatic heterocycles. The summed E-state index contributed by atoms with van der Waals surface area (Å²) in [5.41, 5.74) is 1.60. The second-order valence-electron chi connectivity index (χ2n) is 5.91. The fourth-order valence-corrected chi connectivity index (χ4v) is 3.78. The highest BCUT2D eigenvalue weighted by atomic mass is 32.2. The minimum Gasteiger partial charge on any atom is -0.496 e. The first-order chi connectivity index (χ1) is 13.8. The largest absolute Gasteiger partial charge is 0.496 e. The molecule has 0 unspecified atom stereocenters. The van der Waals surface area contributed by atoms with Gasteiger partial charge in [-0.25, -0.2) is 9.98 Å². The fourth-order valence-electron chi connectivity index (χ4n) is 2.80. The first-order valence-corrected chi connectivity index (χ1v) is 9.50. The molecule has 2 heterocycles. The summed E-state index contributed by atoms with van der Waals surface area (Å²) in [6.07, 6.45) is 3.52. The van der Waals surface area contributed by atoms with Crippen LogP contribution in [0.3, 0.4) is 0 Å². The maximum Gasteiger partial charge on any atom is 0.271 e. The molecule has 4 rings (SSSR count). The first kappa shape index (κ1) is 18.0. The zero-order valence-corrected chi connectivity index (χ0v) is 16.0. The third-order valence-electron chi connectivity index (χ3n) is 4.11. The van der Waals surface area contributed by atoms with Crippen molar-refractivity contribution < 1.29 is 9.53 Å². The number of amides is 1. The number of aromatic nitrogens is 1. The molecule has 0 saturated carbocycles. The average molecular weight is 387 g/mol. The van der Waals surface area contributed by atoms with Crippen LogP contribution in [0.1, 0.15) is 5.56 Å². The van der Waals surface area contributed by atoms with Crippen molar-refractivity contribution in [3.63, 3.8) is 0 Å². The summed E-state index contributed by atoms with van der Waals surface area (Å²) in [6, 6.07) is 22.6. The standard InChI is InChI=1S/C22H17N3O2S/c1-27-18-12-6-5-9-16(18)15-19-21(26)25(17-10-3-2-4-11-17)22(28-19)24-20-13-7-8-14-23-20/h2-15H,1H3/b19-15-,24-22+. The predicted molar refractivity (Wildman–Crippen MR) is 114 cm³/mol. The van der Waals surface area contributed by atoms with E-state index in [1.807, 2.05) is 78.9 Å². The normalized spacial score (nSPS) is 16.8. The summed E-state index contributed by atoms with van der Waals surface area (Å²) >= 11 is 1.32. The van der Waals surface area contributed by atoms with E-state index in [1.165, 1.54) is 11.8 Å². The summed E-state index contributed by atoms with van der Waals surface area (Å²) in [7, 11) is 1.62. The van der Waals surface area contributed by atoms with Gasteiger partial charge in [0, 0.05) is 11.8 Å². The molecule has 1 saturated heterocycles. The van der Waals surface area contributed by atoms with Gasteiger partial charge in [-0.3, -0.25) is 9.69 Å². The molecule has 1 amide bonds. The molecule has 1 aromatic heterocycles. The Morgan fingerprint density at radius 2 is 1.75 bits per heavy atom. The number of carbonyl (C=O) groups excluding carboxylic acids is 1. The molecule has 0 atom stereocenters. The number of carbonyl (C=O) groups is 1. The van der Waals surface area contributed by atoms with Crippen molar-refractivity contribution in [1.29, 1.82) is 0 Å². The number of methoxy groups -OCH3 is 1. The maximum absolute atomic E-state index is 13.2. The maximum atomic E-state index is 13.2. The Morgan fingerprint density at radius 1 is 1.00 bits per heavy atom. The summed E-state index contributed by atoms with van der Waals surface area (Å²) in [4.78, 5) is 24.2. The predicted octanol–water partition coefficient (Wildman–Crippen LogP) is 4.90. The lowest BCUT2D eigenvalue weighted by atomic mass is 10.2. The van der Waals surface area contributed by atoms with Crippen molar-refractivity contribution in [3.05, 3.63) is 89.5 Å².